The number of anilines is 1. The highest BCUT2D eigenvalue weighted by Gasteiger charge is 2.12. The molecule has 0 fully saturated rings. The van der Waals surface area contributed by atoms with Crippen LogP contribution in [0.4, 0.5) is 5.69 Å². The first-order chi connectivity index (χ1) is 13.6. The summed E-state index contributed by atoms with van der Waals surface area (Å²) >= 11 is 1.48. The Balaban J connectivity index is 1.68. The Bertz CT molecular complexity index is 1010. The molecular formula is C21H19N3O3S. The molecule has 142 valence electrons. The van der Waals surface area contributed by atoms with Crippen LogP contribution in [0.1, 0.15) is 18.2 Å². The number of carbonyl (C=O) groups excluding carboxylic acids is 1. The van der Waals surface area contributed by atoms with Gasteiger partial charge >= 0.3 is 0 Å². The Kier molecular flexibility index (Phi) is 6.25. The Labute approximate surface area is 167 Å². The van der Waals surface area contributed by atoms with E-state index in [9.17, 15) is 4.79 Å². The van der Waals surface area contributed by atoms with Crippen molar-refractivity contribution in [3.63, 3.8) is 0 Å². The summed E-state index contributed by atoms with van der Waals surface area (Å²) in [5, 5.41) is 14.5. The van der Waals surface area contributed by atoms with Crippen molar-refractivity contribution in [3.8, 4) is 28.1 Å². The van der Waals surface area contributed by atoms with Gasteiger partial charge in [0, 0.05) is 10.9 Å². The Hall–Kier alpha value is -3.37. The minimum Gasteiger partial charge on any atom is -0.495 e. The van der Waals surface area contributed by atoms with Gasteiger partial charge in [0.15, 0.2) is 0 Å². The first-order valence-corrected chi connectivity index (χ1v) is 9.56. The summed E-state index contributed by atoms with van der Waals surface area (Å²) in [5.74, 6) is 1.09. The van der Waals surface area contributed by atoms with Gasteiger partial charge in [-0.3, -0.25) is 4.79 Å². The van der Waals surface area contributed by atoms with Crippen LogP contribution in [0.5, 0.6) is 11.5 Å². The zero-order valence-corrected chi connectivity index (χ0v) is 16.4. The largest absolute Gasteiger partial charge is 0.495 e. The molecule has 1 amide bonds. The summed E-state index contributed by atoms with van der Waals surface area (Å²) < 4.78 is 10.7. The van der Waals surface area contributed by atoms with Crippen molar-refractivity contribution in [1.29, 1.82) is 5.26 Å². The number of nitrogens with one attached hydrogen (secondary N) is 1. The van der Waals surface area contributed by atoms with E-state index >= 15 is 0 Å². The molecule has 0 saturated heterocycles. The first-order valence-electron chi connectivity index (χ1n) is 8.68. The highest BCUT2D eigenvalue weighted by Crippen LogP contribution is 2.27. The summed E-state index contributed by atoms with van der Waals surface area (Å²) in [7, 11) is 1.51. The minimum atomic E-state index is -0.225. The maximum absolute atomic E-state index is 12.4. The third-order valence-corrected chi connectivity index (χ3v) is 4.85. The molecule has 6 nitrogen and oxygen atoms in total. The van der Waals surface area contributed by atoms with Crippen molar-refractivity contribution < 1.29 is 14.3 Å². The van der Waals surface area contributed by atoms with Crippen LogP contribution in [0.3, 0.4) is 0 Å². The van der Waals surface area contributed by atoms with Crippen LogP contribution in [-0.4, -0.2) is 24.6 Å². The van der Waals surface area contributed by atoms with Gasteiger partial charge in [-0.25, -0.2) is 4.98 Å². The van der Waals surface area contributed by atoms with E-state index in [1.54, 1.807) is 18.2 Å². The molecule has 0 bridgehead atoms. The van der Waals surface area contributed by atoms with E-state index in [4.69, 9.17) is 14.7 Å². The predicted molar refractivity (Wildman–Crippen MR) is 109 cm³/mol. The van der Waals surface area contributed by atoms with Crippen LogP contribution in [0.15, 0.2) is 47.8 Å². The third kappa shape index (κ3) is 4.67. The number of amides is 1. The van der Waals surface area contributed by atoms with E-state index in [0.717, 1.165) is 16.3 Å². The van der Waals surface area contributed by atoms with Crippen LogP contribution >= 0.6 is 11.3 Å². The summed E-state index contributed by atoms with van der Waals surface area (Å²) in [5.41, 5.74) is 2.57. The maximum Gasteiger partial charge on any atom is 0.230 e. The van der Waals surface area contributed by atoms with Crippen LogP contribution in [-0.2, 0) is 11.2 Å². The van der Waals surface area contributed by atoms with Crippen molar-refractivity contribution in [3.05, 3.63) is 59.1 Å². The second kappa shape index (κ2) is 9.02. The zero-order chi connectivity index (χ0) is 19.9. The lowest BCUT2D eigenvalue weighted by Crippen LogP contribution is -2.15. The van der Waals surface area contributed by atoms with Gasteiger partial charge in [-0.2, -0.15) is 5.26 Å². The van der Waals surface area contributed by atoms with Gasteiger partial charge in [-0.15, -0.1) is 11.3 Å². The summed E-state index contributed by atoms with van der Waals surface area (Å²) in [6.45, 7) is 2.57. The smallest absolute Gasteiger partial charge is 0.230 e. The van der Waals surface area contributed by atoms with Gasteiger partial charge in [0.25, 0.3) is 0 Å². The van der Waals surface area contributed by atoms with Crippen LogP contribution in [0.25, 0.3) is 10.6 Å². The SMILES string of the molecule is CCOc1ccc(-c2nc(CC(=O)Nc3cc(C#N)ccc3OC)cs2)cc1. The average molecular weight is 393 g/mol. The van der Waals surface area contributed by atoms with Crippen molar-refractivity contribution >= 4 is 22.9 Å². The standard InChI is InChI=1S/C21H19N3O3S/c1-3-27-17-7-5-15(6-8-17)21-23-16(13-28-21)11-20(25)24-18-10-14(12-22)4-9-19(18)26-2/h4-10,13H,3,11H2,1-2H3,(H,24,25). The number of hydrogen-bond donors (Lipinski definition) is 1. The minimum absolute atomic E-state index is 0.132. The van der Waals surface area contributed by atoms with E-state index in [0.29, 0.717) is 29.3 Å². The number of ether oxygens (including phenoxy) is 2. The fraction of sp³-hybridized carbons (Fsp3) is 0.190. The molecule has 28 heavy (non-hydrogen) atoms. The van der Waals surface area contributed by atoms with Gasteiger partial charge < -0.3 is 14.8 Å². The van der Waals surface area contributed by atoms with Crippen LogP contribution < -0.4 is 14.8 Å². The number of rotatable bonds is 7. The summed E-state index contributed by atoms with van der Waals surface area (Å²) in [6, 6.07) is 14.6. The van der Waals surface area contributed by atoms with Gasteiger partial charge in [0.1, 0.15) is 16.5 Å². The van der Waals surface area contributed by atoms with E-state index in [1.807, 2.05) is 42.6 Å². The second-order valence-electron chi connectivity index (χ2n) is 5.85. The molecule has 7 heteroatoms. The van der Waals surface area contributed by atoms with Gasteiger partial charge in [0.05, 0.1) is 43.2 Å². The lowest BCUT2D eigenvalue weighted by molar-refractivity contribution is -0.115. The van der Waals surface area contributed by atoms with Gasteiger partial charge in [0.2, 0.25) is 5.91 Å². The maximum atomic E-state index is 12.4. The molecule has 3 aromatic rings. The molecule has 0 aliphatic heterocycles. The number of methoxy groups -OCH3 is 1. The summed E-state index contributed by atoms with van der Waals surface area (Å²) in [6.07, 6.45) is 0.132. The van der Waals surface area contributed by atoms with E-state index in [2.05, 4.69) is 10.3 Å². The number of aromatic nitrogens is 1. The molecule has 0 spiro atoms. The lowest BCUT2D eigenvalue weighted by Gasteiger charge is -2.10. The van der Waals surface area contributed by atoms with E-state index in [1.165, 1.54) is 18.4 Å². The zero-order valence-electron chi connectivity index (χ0n) is 15.6. The molecule has 1 heterocycles. The van der Waals surface area contributed by atoms with Crippen LogP contribution in [0, 0.1) is 11.3 Å². The highest BCUT2D eigenvalue weighted by molar-refractivity contribution is 7.13. The Morgan fingerprint density at radius 3 is 2.71 bits per heavy atom. The van der Waals surface area contributed by atoms with Crippen LogP contribution in [0.2, 0.25) is 0 Å². The number of hydrogen-bond acceptors (Lipinski definition) is 6. The van der Waals surface area contributed by atoms with Crippen molar-refractivity contribution in [2.45, 2.75) is 13.3 Å². The molecule has 2 aromatic carbocycles. The van der Waals surface area contributed by atoms with E-state index in [-0.39, 0.29) is 12.3 Å². The first kappa shape index (κ1) is 19.4. The fourth-order valence-electron chi connectivity index (χ4n) is 2.62. The number of thiazole rings is 1. The normalized spacial score (nSPS) is 10.2. The van der Waals surface area contributed by atoms with Gasteiger partial charge in [-0.1, -0.05) is 0 Å². The molecule has 0 radical (unpaired) electrons. The lowest BCUT2D eigenvalue weighted by atomic mass is 10.2. The molecule has 0 aliphatic carbocycles. The van der Waals surface area contributed by atoms with Gasteiger partial charge in [-0.05, 0) is 49.4 Å². The highest BCUT2D eigenvalue weighted by atomic mass is 32.1. The molecule has 0 unspecified atom stereocenters. The molecular weight excluding hydrogens is 374 g/mol. The third-order valence-electron chi connectivity index (χ3n) is 3.91. The topological polar surface area (TPSA) is 84.2 Å². The number of carbonyl (C=O) groups is 1. The molecule has 3 rings (SSSR count). The van der Waals surface area contributed by atoms with Crippen molar-refractivity contribution in [2.24, 2.45) is 0 Å². The molecule has 1 aromatic heterocycles. The molecule has 0 saturated carbocycles. The molecule has 1 N–H and O–H groups in total. The molecule has 0 atom stereocenters. The number of nitriles is 1. The molecule has 0 aliphatic rings. The van der Waals surface area contributed by atoms with E-state index < -0.39 is 0 Å². The monoisotopic (exact) mass is 393 g/mol. The number of benzene rings is 2. The second-order valence-corrected chi connectivity index (χ2v) is 6.71. The van der Waals surface area contributed by atoms with Crippen molar-refractivity contribution in [1.82, 2.24) is 4.98 Å². The Morgan fingerprint density at radius 1 is 1.25 bits per heavy atom. The fourth-order valence-corrected chi connectivity index (χ4v) is 3.44. The predicted octanol–water partition coefficient (Wildman–Crippen LogP) is 4.27. The van der Waals surface area contributed by atoms with Crippen molar-refractivity contribution in [2.75, 3.05) is 19.0 Å². The average Bonchev–Trinajstić information content (AvgIpc) is 3.17. The Morgan fingerprint density at radius 2 is 2.04 bits per heavy atom. The number of nitrogens with zero attached hydrogens (tertiary/aromatic N) is 2. The quantitative estimate of drug-likeness (QED) is 0.648. The summed E-state index contributed by atoms with van der Waals surface area (Å²) in [4.78, 5) is 17.0.